The molecule has 1 saturated carbocycles. The number of rotatable bonds is 5. The van der Waals surface area contributed by atoms with E-state index in [0.29, 0.717) is 34.8 Å². The molecule has 170 valence electrons. The fourth-order valence-electron chi connectivity index (χ4n) is 4.15. The zero-order valence-electron chi connectivity index (χ0n) is 17.2. The Bertz CT molecular complexity index is 1120. The van der Waals surface area contributed by atoms with Gasteiger partial charge in [-0.25, -0.2) is 9.97 Å². The third-order valence-corrected chi connectivity index (χ3v) is 6.39. The van der Waals surface area contributed by atoms with Crippen molar-refractivity contribution in [3.05, 3.63) is 35.0 Å². The summed E-state index contributed by atoms with van der Waals surface area (Å²) in [5.41, 5.74) is 0.890. The summed E-state index contributed by atoms with van der Waals surface area (Å²) in [7, 11) is 0. The molecule has 1 saturated heterocycles. The molecule has 1 aromatic carbocycles. The van der Waals surface area contributed by atoms with Gasteiger partial charge in [-0.05, 0) is 63.4 Å². The van der Waals surface area contributed by atoms with Crippen LogP contribution in [0.5, 0.6) is 0 Å². The number of piperidine rings is 1. The number of halogens is 4. The van der Waals surface area contributed by atoms with Gasteiger partial charge < -0.3 is 16.0 Å². The lowest BCUT2D eigenvalue weighted by molar-refractivity contribution is -0.137. The predicted molar refractivity (Wildman–Crippen MR) is 117 cm³/mol. The lowest BCUT2D eigenvalue weighted by atomic mass is 9.93. The molecular formula is C21H23ClF3N7. The van der Waals surface area contributed by atoms with E-state index in [2.05, 4.69) is 25.9 Å². The highest BCUT2D eigenvalue weighted by molar-refractivity contribution is 6.31. The van der Waals surface area contributed by atoms with Crippen molar-refractivity contribution in [2.45, 2.75) is 50.4 Å². The Kier molecular flexibility index (Phi) is 5.58. The minimum absolute atomic E-state index is 0.153. The third-order valence-electron chi connectivity index (χ3n) is 6.08. The first-order chi connectivity index (χ1) is 15.4. The zero-order valence-corrected chi connectivity index (χ0v) is 18.0. The summed E-state index contributed by atoms with van der Waals surface area (Å²) in [6.07, 6.45) is 2.39. The first-order valence-electron chi connectivity index (χ1n) is 10.7. The van der Waals surface area contributed by atoms with Gasteiger partial charge in [0.1, 0.15) is 5.52 Å². The van der Waals surface area contributed by atoms with Crippen molar-refractivity contribution in [2.24, 2.45) is 0 Å². The molecule has 0 bridgehead atoms. The molecule has 1 aliphatic carbocycles. The third kappa shape index (κ3) is 4.21. The number of hydrogen-bond donors (Lipinski definition) is 3. The van der Waals surface area contributed by atoms with E-state index in [1.165, 1.54) is 18.6 Å². The van der Waals surface area contributed by atoms with Crippen molar-refractivity contribution in [2.75, 3.05) is 23.7 Å². The first-order valence-corrected chi connectivity index (χ1v) is 11.1. The average Bonchev–Trinajstić information content (AvgIpc) is 3.07. The molecule has 32 heavy (non-hydrogen) atoms. The number of hydrogen-bond acceptors (Lipinski definition) is 6. The molecule has 0 spiro atoms. The maximum absolute atomic E-state index is 13.1. The summed E-state index contributed by atoms with van der Waals surface area (Å²) in [4.78, 5) is 13.8. The minimum atomic E-state index is -4.50. The number of benzene rings is 1. The number of nitrogens with zero attached hydrogens (tertiary/aromatic N) is 4. The van der Waals surface area contributed by atoms with Crippen molar-refractivity contribution in [3.63, 3.8) is 0 Å². The molecule has 3 aromatic rings. The largest absolute Gasteiger partial charge is 0.417 e. The normalized spacial score (nSPS) is 18.0. The van der Waals surface area contributed by atoms with Crippen LogP contribution in [0.3, 0.4) is 0 Å². The van der Waals surface area contributed by atoms with Crippen LogP contribution < -0.4 is 16.0 Å². The van der Waals surface area contributed by atoms with Crippen LogP contribution in [0.15, 0.2) is 24.4 Å². The first kappa shape index (κ1) is 21.3. The predicted octanol–water partition coefficient (Wildman–Crippen LogP) is 5.13. The minimum Gasteiger partial charge on any atom is -0.351 e. The number of fused-ring (bicyclic) bond motifs is 1. The molecule has 5 rings (SSSR count). The van der Waals surface area contributed by atoms with Crippen LogP contribution in [0, 0.1) is 0 Å². The molecular weight excluding hydrogens is 443 g/mol. The molecule has 11 heteroatoms. The van der Waals surface area contributed by atoms with Crippen molar-refractivity contribution in [3.8, 4) is 0 Å². The Morgan fingerprint density at radius 2 is 1.88 bits per heavy atom. The van der Waals surface area contributed by atoms with Gasteiger partial charge in [-0.2, -0.15) is 18.2 Å². The number of nitrogens with one attached hydrogen (secondary N) is 3. The zero-order chi connectivity index (χ0) is 22.3. The highest BCUT2D eigenvalue weighted by Crippen LogP contribution is 2.37. The molecule has 2 aromatic heterocycles. The van der Waals surface area contributed by atoms with Gasteiger partial charge in [0.05, 0.1) is 16.8 Å². The van der Waals surface area contributed by atoms with E-state index >= 15 is 0 Å². The highest BCUT2D eigenvalue weighted by atomic mass is 35.5. The molecule has 7 nitrogen and oxygen atoms in total. The average molecular weight is 466 g/mol. The van der Waals surface area contributed by atoms with E-state index in [4.69, 9.17) is 16.6 Å². The highest BCUT2D eigenvalue weighted by Gasteiger charge is 2.33. The molecule has 0 unspecified atom stereocenters. The fraction of sp³-hybridized carbons (Fsp3) is 0.476. The summed E-state index contributed by atoms with van der Waals surface area (Å²) in [6.45, 7) is 1.74. The topological polar surface area (TPSA) is 79.7 Å². The lowest BCUT2D eigenvalue weighted by Gasteiger charge is -2.27. The number of aromatic nitrogens is 4. The Labute approximate surface area is 187 Å². The molecule has 2 aliphatic rings. The van der Waals surface area contributed by atoms with Crippen molar-refractivity contribution < 1.29 is 13.2 Å². The smallest absolute Gasteiger partial charge is 0.351 e. The van der Waals surface area contributed by atoms with E-state index in [0.717, 1.165) is 44.8 Å². The summed E-state index contributed by atoms with van der Waals surface area (Å²) < 4.78 is 41.2. The molecule has 0 radical (unpaired) electrons. The van der Waals surface area contributed by atoms with Gasteiger partial charge in [0.15, 0.2) is 5.65 Å². The number of alkyl halides is 3. The molecule has 3 heterocycles. The monoisotopic (exact) mass is 465 g/mol. The molecule has 1 aliphatic heterocycles. The van der Waals surface area contributed by atoms with Gasteiger partial charge in [-0.15, -0.1) is 0 Å². The standard InChI is InChI=1S/C21H23ClF3N7/c22-16-10-13(4-5-15(16)21(23,24)25)29-20-30-17-11-27-19(28-12-2-1-3-12)31-18(17)32(20)14-6-8-26-9-7-14/h4-5,10-12,14,26H,1-3,6-9H2,(H,29,30)(H,27,28,31). The van der Waals surface area contributed by atoms with E-state index < -0.39 is 11.7 Å². The van der Waals surface area contributed by atoms with Crippen LogP contribution in [-0.4, -0.2) is 38.7 Å². The quantitative estimate of drug-likeness (QED) is 0.484. The second kappa shape index (κ2) is 8.40. The van der Waals surface area contributed by atoms with Crippen molar-refractivity contribution >= 4 is 40.3 Å². The SMILES string of the molecule is FC(F)(F)c1ccc(Nc2nc3cnc(NC4CCC4)nc3n2C2CCNCC2)cc1Cl. The van der Waals surface area contributed by atoms with Gasteiger partial charge in [0.2, 0.25) is 11.9 Å². The molecule has 0 atom stereocenters. The summed E-state index contributed by atoms with van der Waals surface area (Å²) in [5.74, 6) is 1.08. The molecule has 0 amide bonds. The van der Waals surface area contributed by atoms with Crippen molar-refractivity contribution in [1.29, 1.82) is 0 Å². The van der Waals surface area contributed by atoms with E-state index in [1.54, 1.807) is 6.20 Å². The Morgan fingerprint density at radius 1 is 1.09 bits per heavy atom. The molecule has 3 N–H and O–H groups in total. The van der Waals surface area contributed by atoms with Crippen molar-refractivity contribution in [1.82, 2.24) is 24.8 Å². The summed E-state index contributed by atoms with van der Waals surface area (Å²) in [5, 5.41) is 9.51. The Morgan fingerprint density at radius 3 is 2.53 bits per heavy atom. The summed E-state index contributed by atoms with van der Waals surface area (Å²) in [6, 6.07) is 4.15. The number of anilines is 3. The van der Waals surface area contributed by atoms with Crippen LogP contribution in [-0.2, 0) is 6.18 Å². The van der Waals surface area contributed by atoms with Crippen LogP contribution in [0.4, 0.5) is 30.8 Å². The van der Waals surface area contributed by atoms with Gasteiger partial charge in [0.25, 0.3) is 0 Å². The van der Waals surface area contributed by atoms with E-state index in [9.17, 15) is 13.2 Å². The maximum Gasteiger partial charge on any atom is 0.417 e. The van der Waals surface area contributed by atoms with Gasteiger partial charge >= 0.3 is 6.18 Å². The van der Waals surface area contributed by atoms with Gasteiger partial charge in [-0.1, -0.05) is 11.6 Å². The van der Waals surface area contributed by atoms with Crippen LogP contribution in [0.1, 0.15) is 43.7 Å². The van der Waals surface area contributed by atoms with Gasteiger partial charge in [-0.3, -0.25) is 4.57 Å². The Balaban J connectivity index is 1.51. The van der Waals surface area contributed by atoms with E-state index in [-0.39, 0.29) is 11.1 Å². The molecule has 2 fully saturated rings. The fourth-order valence-corrected chi connectivity index (χ4v) is 4.43. The second-order valence-corrected chi connectivity index (χ2v) is 8.69. The van der Waals surface area contributed by atoms with Crippen LogP contribution >= 0.6 is 11.6 Å². The van der Waals surface area contributed by atoms with Crippen LogP contribution in [0.2, 0.25) is 5.02 Å². The maximum atomic E-state index is 13.1. The second-order valence-electron chi connectivity index (χ2n) is 8.28. The van der Waals surface area contributed by atoms with Gasteiger partial charge in [0, 0.05) is 17.8 Å². The Hall–Kier alpha value is -2.59. The number of imidazole rings is 1. The lowest BCUT2D eigenvalue weighted by Crippen LogP contribution is -2.30. The summed E-state index contributed by atoms with van der Waals surface area (Å²) >= 11 is 5.91. The van der Waals surface area contributed by atoms with E-state index in [1.807, 2.05) is 4.57 Å². The van der Waals surface area contributed by atoms with Crippen LogP contribution in [0.25, 0.3) is 11.2 Å².